The zero-order valence-electron chi connectivity index (χ0n) is 20.4. The van der Waals surface area contributed by atoms with Gasteiger partial charge in [-0.15, -0.1) is 0 Å². The molecule has 0 aliphatic carbocycles. The van der Waals surface area contributed by atoms with Gasteiger partial charge in [0.2, 0.25) is 13.8 Å². The van der Waals surface area contributed by atoms with E-state index in [-0.39, 0.29) is 37.4 Å². The summed E-state index contributed by atoms with van der Waals surface area (Å²) in [7, 11) is -4.14. The van der Waals surface area contributed by atoms with Gasteiger partial charge in [-0.25, -0.2) is 8.42 Å². The first-order chi connectivity index (χ1) is 17.4. The van der Waals surface area contributed by atoms with Crippen molar-refractivity contribution in [3.05, 3.63) is 77.4 Å². The van der Waals surface area contributed by atoms with Crippen LogP contribution < -0.4 is 0 Å². The third kappa shape index (κ3) is 8.19. The lowest BCUT2D eigenvalue weighted by atomic mass is 9.96. The molecule has 2 aromatic rings. The van der Waals surface area contributed by atoms with E-state index in [1.165, 1.54) is 19.1 Å². The molecule has 1 heterocycles. The molecule has 0 spiro atoms. The predicted molar refractivity (Wildman–Crippen MR) is 143 cm³/mol. The van der Waals surface area contributed by atoms with Crippen molar-refractivity contribution in [1.29, 1.82) is 0 Å². The summed E-state index contributed by atoms with van der Waals surface area (Å²) < 4.78 is 37.3. The van der Waals surface area contributed by atoms with E-state index in [0.717, 1.165) is 15.4 Å². The second-order valence-electron chi connectivity index (χ2n) is 8.77. The van der Waals surface area contributed by atoms with Crippen LogP contribution in [0.1, 0.15) is 37.3 Å². The van der Waals surface area contributed by atoms with Crippen molar-refractivity contribution in [2.45, 2.75) is 60.5 Å². The monoisotopic (exact) mass is 587 g/mol. The number of hydrogen-bond acceptors (Lipinski definition) is 6. The molecule has 0 bridgehead atoms. The molecule has 2 unspecified atom stereocenters. The lowest BCUT2D eigenvalue weighted by molar-refractivity contribution is -0.145. The fourth-order valence-electron chi connectivity index (χ4n) is 4.01. The molecular weight excluding hydrogens is 561 g/mol. The zero-order valence-corrected chi connectivity index (χ0v) is 23.5. The van der Waals surface area contributed by atoms with E-state index in [4.69, 9.17) is 44.3 Å². The number of rotatable bonds is 9. The third-order valence-corrected chi connectivity index (χ3v) is 8.54. The molecule has 0 fully saturated rings. The smallest absolute Gasteiger partial charge is 0.306 e. The number of esters is 2. The molecule has 0 aromatic heterocycles. The Bertz CT molecular complexity index is 1230. The highest BCUT2D eigenvalue weighted by Crippen LogP contribution is 2.43. The Morgan fingerprint density at radius 3 is 2.24 bits per heavy atom. The van der Waals surface area contributed by atoms with Crippen LogP contribution in [-0.2, 0) is 35.7 Å². The minimum absolute atomic E-state index is 0.0316. The third-order valence-electron chi connectivity index (χ3n) is 5.84. The SMILES string of the molecule is CC(=O)OCC1=CC(CCC(=O)OCc2ccccc2)N(S(=O)(=O)c2ccc(C)cc2)C(C(Cl)(Cl)Cl)C1. The lowest BCUT2D eigenvalue weighted by Gasteiger charge is -2.42. The first-order valence-corrected chi connectivity index (χ1v) is 14.1. The van der Waals surface area contributed by atoms with Crippen LogP contribution in [0.3, 0.4) is 0 Å². The van der Waals surface area contributed by atoms with Gasteiger partial charge in [-0.2, -0.15) is 4.31 Å². The van der Waals surface area contributed by atoms with Crippen molar-refractivity contribution in [2.24, 2.45) is 0 Å². The van der Waals surface area contributed by atoms with Crippen molar-refractivity contribution >= 4 is 56.8 Å². The Balaban J connectivity index is 1.90. The second kappa shape index (κ2) is 12.6. The van der Waals surface area contributed by atoms with Crippen LogP contribution in [0, 0.1) is 6.92 Å². The van der Waals surface area contributed by atoms with Gasteiger partial charge < -0.3 is 9.47 Å². The van der Waals surface area contributed by atoms with Crippen LogP contribution in [0.25, 0.3) is 0 Å². The molecule has 7 nitrogen and oxygen atoms in total. The molecule has 1 aliphatic heterocycles. The quantitative estimate of drug-likeness (QED) is 0.218. The van der Waals surface area contributed by atoms with Gasteiger partial charge in [0.25, 0.3) is 0 Å². The summed E-state index contributed by atoms with van der Waals surface area (Å²) in [5.74, 6) is -0.996. The van der Waals surface area contributed by atoms with E-state index in [0.29, 0.717) is 5.57 Å². The molecule has 37 heavy (non-hydrogen) atoms. The van der Waals surface area contributed by atoms with Gasteiger partial charge in [-0.1, -0.05) is 88.9 Å². The van der Waals surface area contributed by atoms with E-state index >= 15 is 0 Å². The maximum atomic E-state index is 13.8. The average molecular weight is 589 g/mol. The first-order valence-electron chi connectivity index (χ1n) is 11.6. The van der Waals surface area contributed by atoms with Crippen LogP contribution in [0.5, 0.6) is 0 Å². The van der Waals surface area contributed by atoms with E-state index in [1.807, 2.05) is 37.3 Å². The molecule has 200 valence electrons. The molecule has 0 N–H and O–H groups in total. The number of nitrogens with zero attached hydrogens (tertiary/aromatic N) is 1. The van der Waals surface area contributed by atoms with Gasteiger partial charge in [0.15, 0.2) is 0 Å². The van der Waals surface area contributed by atoms with Crippen LogP contribution >= 0.6 is 34.8 Å². The van der Waals surface area contributed by atoms with Gasteiger partial charge in [0, 0.05) is 19.4 Å². The highest BCUT2D eigenvalue weighted by Gasteiger charge is 2.48. The van der Waals surface area contributed by atoms with Gasteiger partial charge >= 0.3 is 11.9 Å². The summed E-state index contributed by atoms with van der Waals surface area (Å²) in [6, 6.07) is 13.6. The second-order valence-corrected chi connectivity index (χ2v) is 13.0. The van der Waals surface area contributed by atoms with E-state index in [9.17, 15) is 18.0 Å². The van der Waals surface area contributed by atoms with Crippen LogP contribution in [0.15, 0.2) is 71.1 Å². The van der Waals surface area contributed by atoms with Gasteiger partial charge in [-0.3, -0.25) is 9.59 Å². The molecule has 2 atom stereocenters. The Morgan fingerprint density at radius 1 is 1.00 bits per heavy atom. The van der Waals surface area contributed by atoms with E-state index < -0.39 is 37.8 Å². The Hall–Kier alpha value is -2.10. The summed E-state index contributed by atoms with van der Waals surface area (Å²) in [5, 5.41) is 0. The van der Waals surface area contributed by atoms with Crippen molar-refractivity contribution in [2.75, 3.05) is 6.61 Å². The first kappa shape index (κ1) is 29.5. The highest BCUT2D eigenvalue weighted by atomic mass is 35.6. The normalized spacial score (nSPS) is 18.7. The topological polar surface area (TPSA) is 90.0 Å². The number of sulfonamides is 1. The summed E-state index contributed by atoms with van der Waals surface area (Å²) >= 11 is 18.9. The standard InChI is InChI=1S/C26H28Cl3NO6S/c1-18-8-11-23(12-9-18)37(33,34)30-22(10-13-25(32)36-16-20-6-4-3-5-7-20)14-21(17-35-19(2)31)15-24(30)26(27,28)29/h3-9,11-12,14,22,24H,10,13,15-17H2,1-2H3. The van der Waals surface area contributed by atoms with Crippen molar-refractivity contribution in [1.82, 2.24) is 4.31 Å². The lowest BCUT2D eigenvalue weighted by Crippen LogP contribution is -2.54. The number of halogens is 3. The Labute approximate surface area is 232 Å². The zero-order chi connectivity index (χ0) is 27.2. The van der Waals surface area contributed by atoms with Crippen LogP contribution in [-0.4, -0.2) is 47.1 Å². The molecule has 1 aliphatic rings. The van der Waals surface area contributed by atoms with Gasteiger partial charge in [0.1, 0.15) is 13.2 Å². The molecular formula is C26H28Cl3NO6S. The minimum Gasteiger partial charge on any atom is -0.461 e. The van der Waals surface area contributed by atoms with Crippen molar-refractivity contribution < 1.29 is 27.5 Å². The maximum Gasteiger partial charge on any atom is 0.306 e. The molecule has 0 radical (unpaired) electrons. The van der Waals surface area contributed by atoms with Gasteiger partial charge in [0.05, 0.1) is 10.9 Å². The number of benzene rings is 2. The molecule has 2 aromatic carbocycles. The molecule has 0 saturated carbocycles. The fraction of sp³-hybridized carbons (Fsp3) is 0.385. The summed E-state index contributed by atoms with van der Waals surface area (Å²) in [5.41, 5.74) is 2.30. The Kier molecular flexibility index (Phi) is 10.1. The number of alkyl halides is 3. The summed E-state index contributed by atoms with van der Waals surface area (Å²) in [6.07, 6.45) is 1.68. The van der Waals surface area contributed by atoms with E-state index in [2.05, 4.69) is 0 Å². The molecule has 0 saturated heterocycles. The number of ether oxygens (including phenoxy) is 2. The van der Waals surface area contributed by atoms with Crippen molar-refractivity contribution in [3.8, 4) is 0 Å². The summed E-state index contributed by atoms with van der Waals surface area (Å²) in [4.78, 5) is 24.0. The molecule has 0 amide bonds. The predicted octanol–water partition coefficient (Wildman–Crippen LogP) is 5.51. The van der Waals surface area contributed by atoms with Crippen molar-refractivity contribution in [3.63, 3.8) is 0 Å². The Morgan fingerprint density at radius 2 is 1.65 bits per heavy atom. The fourth-order valence-corrected chi connectivity index (χ4v) is 6.54. The summed E-state index contributed by atoms with van der Waals surface area (Å²) in [6.45, 7) is 3.12. The van der Waals surface area contributed by atoms with Gasteiger partial charge in [-0.05, 0) is 43.0 Å². The number of aryl methyl sites for hydroxylation is 1. The largest absolute Gasteiger partial charge is 0.461 e. The average Bonchev–Trinajstić information content (AvgIpc) is 2.84. The van der Waals surface area contributed by atoms with E-state index in [1.54, 1.807) is 18.2 Å². The maximum absolute atomic E-state index is 13.8. The number of carbonyl (C=O) groups is 2. The molecule has 3 rings (SSSR count). The number of hydrogen-bond donors (Lipinski definition) is 0. The molecule has 11 heteroatoms. The van der Waals surface area contributed by atoms with Crippen LogP contribution in [0.2, 0.25) is 0 Å². The van der Waals surface area contributed by atoms with Crippen LogP contribution in [0.4, 0.5) is 0 Å². The highest BCUT2D eigenvalue weighted by molar-refractivity contribution is 7.89. The minimum atomic E-state index is -4.14. The number of carbonyl (C=O) groups excluding carboxylic acids is 2.